The molecule has 1 heterocycles. The van der Waals surface area contributed by atoms with Gasteiger partial charge in [-0.2, -0.15) is 0 Å². The third kappa shape index (κ3) is 1.51. The minimum Gasteiger partial charge on any atom is -0.507 e. The van der Waals surface area contributed by atoms with Crippen LogP contribution in [-0.4, -0.2) is 9.48 Å². The van der Waals surface area contributed by atoms with E-state index < -0.39 is 0 Å². The molecule has 72 valence electrons. The van der Waals surface area contributed by atoms with E-state index in [4.69, 9.17) is 0 Å². The molecule has 0 aliphatic rings. The summed E-state index contributed by atoms with van der Waals surface area (Å²) >= 11 is 1.42. The Kier molecular flexibility index (Phi) is 2.25. The van der Waals surface area contributed by atoms with Crippen molar-refractivity contribution in [3.05, 3.63) is 35.5 Å². The molecule has 0 radical (unpaired) electrons. The van der Waals surface area contributed by atoms with E-state index in [1.165, 1.54) is 11.5 Å². The quantitative estimate of drug-likeness (QED) is 0.775. The Labute approximate surface area is 87.0 Å². The number of aromatic nitrogens is 1. The first-order chi connectivity index (χ1) is 6.68. The van der Waals surface area contributed by atoms with Gasteiger partial charge in [0.25, 0.3) is 0 Å². The number of aromatic hydroxyl groups is 1. The van der Waals surface area contributed by atoms with Gasteiger partial charge in [-0.05, 0) is 43.1 Å². The van der Waals surface area contributed by atoms with E-state index in [0.29, 0.717) is 5.75 Å². The average molecular weight is 205 g/mol. The van der Waals surface area contributed by atoms with E-state index in [-0.39, 0.29) is 0 Å². The van der Waals surface area contributed by atoms with E-state index in [1.54, 1.807) is 6.07 Å². The van der Waals surface area contributed by atoms with Crippen molar-refractivity contribution in [3.63, 3.8) is 0 Å². The van der Waals surface area contributed by atoms with Crippen molar-refractivity contribution in [2.24, 2.45) is 0 Å². The Bertz CT molecular complexity index is 462. The lowest BCUT2D eigenvalue weighted by Gasteiger charge is -2.03. The van der Waals surface area contributed by atoms with Crippen LogP contribution in [0.15, 0.2) is 24.4 Å². The molecule has 0 bridgehead atoms. The number of phenols is 1. The van der Waals surface area contributed by atoms with Crippen LogP contribution in [0.2, 0.25) is 0 Å². The summed E-state index contributed by atoms with van der Waals surface area (Å²) in [6.45, 7) is 4.01. The lowest BCUT2D eigenvalue weighted by atomic mass is 10.1. The monoisotopic (exact) mass is 205 g/mol. The summed E-state index contributed by atoms with van der Waals surface area (Å²) in [5.74, 6) is 0.322. The van der Waals surface area contributed by atoms with E-state index in [0.717, 1.165) is 21.6 Å². The van der Waals surface area contributed by atoms with Crippen LogP contribution in [0, 0.1) is 13.8 Å². The second-order valence-electron chi connectivity index (χ2n) is 3.36. The first-order valence-electron chi connectivity index (χ1n) is 4.40. The van der Waals surface area contributed by atoms with E-state index in [2.05, 4.69) is 4.37 Å². The Morgan fingerprint density at radius 2 is 2.07 bits per heavy atom. The van der Waals surface area contributed by atoms with Crippen molar-refractivity contribution in [2.45, 2.75) is 13.8 Å². The Hall–Kier alpha value is -1.35. The van der Waals surface area contributed by atoms with Gasteiger partial charge in [-0.25, -0.2) is 4.37 Å². The SMILES string of the molecule is Cc1ccc(O)c(-c2sncc2C)c1. The van der Waals surface area contributed by atoms with Gasteiger partial charge < -0.3 is 5.11 Å². The van der Waals surface area contributed by atoms with Crippen molar-refractivity contribution in [1.82, 2.24) is 4.37 Å². The Morgan fingerprint density at radius 3 is 2.71 bits per heavy atom. The molecule has 1 aromatic heterocycles. The van der Waals surface area contributed by atoms with Gasteiger partial charge in [0.2, 0.25) is 0 Å². The number of aryl methyl sites for hydroxylation is 2. The van der Waals surface area contributed by atoms with Crippen LogP contribution in [0.25, 0.3) is 10.4 Å². The van der Waals surface area contributed by atoms with Gasteiger partial charge in [-0.1, -0.05) is 11.6 Å². The van der Waals surface area contributed by atoms with Gasteiger partial charge >= 0.3 is 0 Å². The van der Waals surface area contributed by atoms with Crippen LogP contribution in [0.5, 0.6) is 5.75 Å². The number of hydrogen-bond donors (Lipinski definition) is 1. The Balaban J connectivity index is 2.62. The smallest absolute Gasteiger partial charge is 0.124 e. The van der Waals surface area contributed by atoms with Crippen LogP contribution in [0.4, 0.5) is 0 Å². The summed E-state index contributed by atoms with van der Waals surface area (Å²) in [7, 11) is 0. The molecule has 2 rings (SSSR count). The lowest BCUT2D eigenvalue weighted by Crippen LogP contribution is -1.79. The molecule has 1 N–H and O–H groups in total. The van der Waals surface area contributed by atoms with Gasteiger partial charge in [0.15, 0.2) is 0 Å². The molecule has 0 unspecified atom stereocenters. The van der Waals surface area contributed by atoms with Crippen LogP contribution in [0.3, 0.4) is 0 Å². The molecule has 0 fully saturated rings. The Morgan fingerprint density at radius 1 is 1.29 bits per heavy atom. The normalized spacial score (nSPS) is 10.4. The zero-order valence-corrected chi connectivity index (χ0v) is 8.93. The second kappa shape index (κ2) is 3.42. The van der Waals surface area contributed by atoms with Crippen LogP contribution >= 0.6 is 11.5 Å². The number of nitrogens with zero attached hydrogens (tertiary/aromatic N) is 1. The molecule has 0 saturated carbocycles. The van der Waals surface area contributed by atoms with Crippen LogP contribution in [-0.2, 0) is 0 Å². The van der Waals surface area contributed by atoms with Crippen LogP contribution in [0.1, 0.15) is 11.1 Å². The maximum absolute atomic E-state index is 9.71. The third-order valence-electron chi connectivity index (χ3n) is 2.15. The molecule has 14 heavy (non-hydrogen) atoms. The van der Waals surface area contributed by atoms with Gasteiger partial charge in [0.1, 0.15) is 5.75 Å². The highest BCUT2D eigenvalue weighted by molar-refractivity contribution is 7.09. The van der Waals surface area contributed by atoms with Crippen molar-refractivity contribution in [2.75, 3.05) is 0 Å². The average Bonchev–Trinajstić information content (AvgIpc) is 2.56. The van der Waals surface area contributed by atoms with Gasteiger partial charge in [0, 0.05) is 11.8 Å². The van der Waals surface area contributed by atoms with Gasteiger partial charge in [0.05, 0.1) is 4.88 Å². The maximum atomic E-state index is 9.71. The van der Waals surface area contributed by atoms with Crippen molar-refractivity contribution in [3.8, 4) is 16.2 Å². The molecule has 0 aliphatic carbocycles. The molecule has 0 saturated heterocycles. The standard InChI is InChI=1S/C11H11NOS/c1-7-3-4-10(13)9(5-7)11-8(2)6-12-14-11/h3-6,13H,1-2H3. The fourth-order valence-electron chi connectivity index (χ4n) is 1.38. The van der Waals surface area contributed by atoms with Crippen molar-refractivity contribution < 1.29 is 5.11 Å². The highest BCUT2D eigenvalue weighted by Crippen LogP contribution is 2.34. The zero-order valence-electron chi connectivity index (χ0n) is 8.11. The largest absolute Gasteiger partial charge is 0.507 e. The highest BCUT2D eigenvalue weighted by atomic mass is 32.1. The summed E-state index contributed by atoms with van der Waals surface area (Å²) in [4.78, 5) is 1.05. The van der Waals surface area contributed by atoms with Gasteiger partial charge in [-0.15, -0.1) is 0 Å². The lowest BCUT2D eigenvalue weighted by molar-refractivity contribution is 0.477. The molecule has 1 aromatic carbocycles. The molecular formula is C11H11NOS. The number of benzene rings is 1. The predicted molar refractivity (Wildman–Crippen MR) is 58.7 cm³/mol. The van der Waals surface area contributed by atoms with Gasteiger partial charge in [-0.3, -0.25) is 0 Å². The molecule has 2 nitrogen and oxygen atoms in total. The summed E-state index contributed by atoms with van der Waals surface area (Å²) in [6.07, 6.45) is 1.82. The molecule has 0 aliphatic heterocycles. The van der Waals surface area contributed by atoms with E-state index >= 15 is 0 Å². The number of phenolic OH excluding ortho intramolecular Hbond substituents is 1. The molecule has 3 heteroatoms. The minimum atomic E-state index is 0.322. The van der Waals surface area contributed by atoms with E-state index in [1.807, 2.05) is 32.2 Å². The third-order valence-corrected chi connectivity index (χ3v) is 3.08. The summed E-state index contributed by atoms with van der Waals surface area (Å²) < 4.78 is 4.10. The maximum Gasteiger partial charge on any atom is 0.124 e. The van der Waals surface area contributed by atoms with Crippen molar-refractivity contribution >= 4 is 11.5 Å². The predicted octanol–water partition coefficient (Wildman–Crippen LogP) is 3.13. The fraction of sp³-hybridized carbons (Fsp3) is 0.182. The van der Waals surface area contributed by atoms with Crippen molar-refractivity contribution in [1.29, 1.82) is 0 Å². The molecule has 0 amide bonds. The zero-order chi connectivity index (χ0) is 10.1. The summed E-state index contributed by atoms with van der Waals surface area (Å²) in [5.41, 5.74) is 3.13. The number of rotatable bonds is 1. The summed E-state index contributed by atoms with van der Waals surface area (Å²) in [6, 6.07) is 5.61. The molecular weight excluding hydrogens is 194 g/mol. The molecule has 2 aromatic rings. The summed E-state index contributed by atoms with van der Waals surface area (Å²) in [5, 5.41) is 9.71. The highest BCUT2D eigenvalue weighted by Gasteiger charge is 2.09. The fourth-order valence-corrected chi connectivity index (χ4v) is 2.16. The minimum absolute atomic E-state index is 0.322. The van der Waals surface area contributed by atoms with E-state index in [9.17, 15) is 5.11 Å². The topological polar surface area (TPSA) is 33.1 Å². The second-order valence-corrected chi connectivity index (χ2v) is 4.16. The molecule has 0 spiro atoms. The first kappa shape index (κ1) is 9.21. The van der Waals surface area contributed by atoms with Crippen LogP contribution < -0.4 is 0 Å². The number of hydrogen-bond acceptors (Lipinski definition) is 3. The first-order valence-corrected chi connectivity index (χ1v) is 5.17. The molecule has 0 atom stereocenters.